The molecule has 1 aromatic carbocycles. The Hall–Kier alpha value is -1.23. The molecule has 1 aromatic rings. The van der Waals surface area contributed by atoms with Crippen LogP contribution < -0.4 is 15.8 Å². The van der Waals surface area contributed by atoms with Crippen molar-refractivity contribution in [3.63, 3.8) is 0 Å². The molecule has 0 saturated carbocycles. The van der Waals surface area contributed by atoms with E-state index in [1.165, 1.54) is 0 Å². The van der Waals surface area contributed by atoms with Crippen LogP contribution in [0.15, 0.2) is 29.3 Å². The van der Waals surface area contributed by atoms with Crippen molar-refractivity contribution >= 4 is 35.6 Å². The fourth-order valence-corrected chi connectivity index (χ4v) is 1.42. The third-order valence-corrected chi connectivity index (χ3v) is 2.36. The Labute approximate surface area is 144 Å². The predicted molar refractivity (Wildman–Crippen MR) is 90.0 cm³/mol. The van der Waals surface area contributed by atoms with Crippen molar-refractivity contribution in [1.29, 1.82) is 0 Å². The molecule has 22 heavy (non-hydrogen) atoms. The van der Waals surface area contributed by atoms with E-state index in [2.05, 4.69) is 15.0 Å². The van der Waals surface area contributed by atoms with Gasteiger partial charge in [0.1, 0.15) is 12.4 Å². The smallest absolute Gasteiger partial charge is 0.411 e. The van der Waals surface area contributed by atoms with Crippen molar-refractivity contribution in [3.05, 3.63) is 24.3 Å². The number of aliphatic imine (C=N–C) groups is 1. The largest absolute Gasteiger partial charge is 0.497 e. The van der Waals surface area contributed by atoms with Gasteiger partial charge in [-0.1, -0.05) is 0 Å². The lowest BCUT2D eigenvalue weighted by Gasteiger charge is -2.08. The van der Waals surface area contributed by atoms with Gasteiger partial charge in [0, 0.05) is 18.8 Å². The number of methoxy groups -OCH3 is 1. The van der Waals surface area contributed by atoms with Gasteiger partial charge < -0.3 is 20.5 Å². The number of ether oxygens (including phenoxy) is 2. The molecule has 0 aliphatic rings. The Morgan fingerprint density at radius 1 is 1.27 bits per heavy atom. The maximum Gasteiger partial charge on any atom is 0.411 e. The van der Waals surface area contributed by atoms with E-state index in [0.717, 1.165) is 11.4 Å². The quantitative estimate of drug-likeness (QED) is 0.300. The summed E-state index contributed by atoms with van der Waals surface area (Å²) in [5, 5.41) is 2.86. The second kappa shape index (κ2) is 10.5. The van der Waals surface area contributed by atoms with Gasteiger partial charge >= 0.3 is 6.18 Å². The summed E-state index contributed by atoms with van der Waals surface area (Å²) in [5.41, 5.74) is 6.39. The van der Waals surface area contributed by atoms with E-state index >= 15 is 0 Å². The van der Waals surface area contributed by atoms with Crippen LogP contribution in [0.3, 0.4) is 0 Å². The molecule has 1 rings (SSSR count). The number of nitrogens with two attached hydrogens (primary N) is 1. The van der Waals surface area contributed by atoms with Crippen LogP contribution in [0, 0.1) is 0 Å². The molecule has 126 valence electrons. The molecule has 0 spiro atoms. The zero-order valence-corrected chi connectivity index (χ0v) is 14.4. The fourth-order valence-electron chi connectivity index (χ4n) is 1.42. The second-order valence-corrected chi connectivity index (χ2v) is 4.14. The zero-order chi connectivity index (χ0) is 15.7. The molecule has 0 aliphatic heterocycles. The Kier molecular flexibility index (Phi) is 9.90. The SMILES string of the molecule is COc1ccc(NC(N)=NCCCOCC(F)(F)F)cc1.I. The number of benzene rings is 1. The summed E-state index contributed by atoms with van der Waals surface area (Å²) in [4.78, 5) is 3.99. The minimum Gasteiger partial charge on any atom is -0.497 e. The molecule has 0 aliphatic carbocycles. The highest BCUT2D eigenvalue weighted by Crippen LogP contribution is 2.15. The molecular weight excluding hydrogens is 414 g/mol. The molecule has 0 heterocycles. The summed E-state index contributed by atoms with van der Waals surface area (Å²) >= 11 is 0. The van der Waals surface area contributed by atoms with Crippen LogP contribution in [0.2, 0.25) is 0 Å². The first-order valence-corrected chi connectivity index (χ1v) is 6.26. The maximum absolute atomic E-state index is 11.8. The molecular formula is C13H19F3IN3O2. The molecule has 0 unspecified atom stereocenters. The Bertz CT molecular complexity index is 453. The van der Waals surface area contributed by atoms with Gasteiger partial charge in [0.15, 0.2) is 5.96 Å². The number of nitrogens with zero attached hydrogens (tertiary/aromatic N) is 1. The number of nitrogens with one attached hydrogen (secondary N) is 1. The molecule has 0 atom stereocenters. The van der Waals surface area contributed by atoms with Gasteiger partial charge in [-0.15, -0.1) is 24.0 Å². The lowest BCUT2D eigenvalue weighted by Crippen LogP contribution is -2.23. The van der Waals surface area contributed by atoms with E-state index in [1.54, 1.807) is 31.4 Å². The van der Waals surface area contributed by atoms with E-state index < -0.39 is 12.8 Å². The van der Waals surface area contributed by atoms with Crippen LogP contribution in [-0.4, -0.2) is 39.0 Å². The maximum atomic E-state index is 11.8. The molecule has 3 N–H and O–H groups in total. The number of guanidine groups is 1. The normalized spacial score (nSPS) is 11.7. The lowest BCUT2D eigenvalue weighted by molar-refractivity contribution is -0.173. The molecule has 5 nitrogen and oxygen atoms in total. The summed E-state index contributed by atoms with van der Waals surface area (Å²) in [6.07, 6.45) is -3.93. The van der Waals surface area contributed by atoms with Gasteiger partial charge in [0.05, 0.1) is 7.11 Å². The van der Waals surface area contributed by atoms with Crippen molar-refractivity contribution < 1.29 is 22.6 Å². The lowest BCUT2D eigenvalue weighted by atomic mass is 10.3. The van der Waals surface area contributed by atoms with Crippen molar-refractivity contribution in [1.82, 2.24) is 0 Å². The first-order chi connectivity index (χ1) is 9.90. The summed E-state index contributed by atoms with van der Waals surface area (Å²) in [5.74, 6) is 0.911. The highest BCUT2D eigenvalue weighted by atomic mass is 127. The molecule has 0 amide bonds. The number of alkyl halides is 3. The number of rotatable bonds is 7. The molecule has 0 aromatic heterocycles. The van der Waals surface area contributed by atoms with Crippen LogP contribution in [0.1, 0.15) is 6.42 Å². The molecule has 0 saturated heterocycles. The fraction of sp³-hybridized carbons (Fsp3) is 0.462. The molecule has 9 heteroatoms. The van der Waals surface area contributed by atoms with Crippen molar-refractivity contribution in [2.75, 3.05) is 32.2 Å². The van der Waals surface area contributed by atoms with Gasteiger partial charge in [-0.2, -0.15) is 13.2 Å². The monoisotopic (exact) mass is 433 g/mol. The average Bonchev–Trinajstić information content (AvgIpc) is 2.42. The Morgan fingerprint density at radius 3 is 2.45 bits per heavy atom. The number of halogens is 4. The standard InChI is InChI=1S/C13H18F3N3O2.HI/c1-20-11-5-3-10(4-6-11)19-12(17)18-7-2-8-21-9-13(14,15)16;/h3-6H,2,7-9H2,1H3,(H3,17,18,19);1H. The van der Waals surface area contributed by atoms with Crippen LogP contribution in [0.25, 0.3) is 0 Å². The van der Waals surface area contributed by atoms with E-state index in [1.807, 2.05) is 0 Å². The van der Waals surface area contributed by atoms with E-state index in [0.29, 0.717) is 6.42 Å². The highest BCUT2D eigenvalue weighted by molar-refractivity contribution is 14.0. The van der Waals surface area contributed by atoms with E-state index in [-0.39, 0.29) is 43.1 Å². The third-order valence-electron chi connectivity index (χ3n) is 2.36. The van der Waals surface area contributed by atoms with Crippen LogP contribution in [-0.2, 0) is 4.74 Å². The number of anilines is 1. The summed E-state index contributed by atoms with van der Waals surface area (Å²) in [6.45, 7) is -0.970. The molecule has 0 fully saturated rings. The minimum absolute atomic E-state index is 0. The van der Waals surface area contributed by atoms with Gasteiger partial charge in [0.2, 0.25) is 0 Å². The second-order valence-electron chi connectivity index (χ2n) is 4.14. The average molecular weight is 433 g/mol. The molecule has 0 bridgehead atoms. The highest BCUT2D eigenvalue weighted by Gasteiger charge is 2.27. The first-order valence-electron chi connectivity index (χ1n) is 6.26. The Balaban J connectivity index is 0.00000441. The summed E-state index contributed by atoms with van der Waals surface area (Å²) in [7, 11) is 1.57. The first kappa shape index (κ1) is 20.8. The van der Waals surface area contributed by atoms with Crippen LogP contribution in [0.4, 0.5) is 18.9 Å². The third kappa shape index (κ3) is 9.66. The van der Waals surface area contributed by atoms with E-state index in [9.17, 15) is 13.2 Å². The van der Waals surface area contributed by atoms with Crippen LogP contribution in [0.5, 0.6) is 5.75 Å². The predicted octanol–water partition coefficient (Wildman–Crippen LogP) is 3.01. The van der Waals surface area contributed by atoms with Gasteiger partial charge in [-0.25, -0.2) is 0 Å². The topological polar surface area (TPSA) is 68.9 Å². The minimum atomic E-state index is -4.29. The number of hydrogen-bond donors (Lipinski definition) is 2. The Morgan fingerprint density at radius 2 is 1.91 bits per heavy atom. The number of hydrogen-bond acceptors (Lipinski definition) is 3. The van der Waals surface area contributed by atoms with E-state index in [4.69, 9.17) is 10.5 Å². The van der Waals surface area contributed by atoms with Crippen molar-refractivity contribution in [2.24, 2.45) is 10.7 Å². The zero-order valence-electron chi connectivity index (χ0n) is 12.0. The van der Waals surface area contributed by atoms with Crippen molar-refractivity contribution in [3.8, 4) is 5.75 Å². The van der Waals surface area contributed by atoms with Crippen molar-refractivity contribution in [2.45, 2.75) is 12.6 Å². The molecule has 0 radical (unpaired) electrons. The van der Waals surface area contributed by atoms with Gasteiger partial charge in [-0.05, 0) is 30.7 Å². The van der Waals surface area contributed by atoms with Gasteiger partial charge in [-0.3, -0.25) is 4.99 Å². The summed E-state index contributed by atoms with van der Waals surface area (Å²) in [6, 6.07) is 7.07. The van der Waals surface area contributed by atoms with Gasteiger partial charge in [0.25, 0.3) is 0 Å². The van der Waals surface area contributed by atoms with Crippen LogP contribution >= 0.6 is 24.0 Å². The summed E-state index contributed by atoms with van der Waals surface area (Å²) < 4.78 is 44.9.